The molecule has 2 aliphatic rings. The maximum Gasteiger partial charge on any atom is 0.0716 e. The van der Waals surface area contributed by atoms with Crippen LogP contribution >= 0.6 is 0 Å². The topological polar surface area (TPSA) is 40.8 Å². The van der Waals surface area contributed by atoms with Gasteiger partial charge in [0.05, 0.1) is 22.4 Å². The fourth-order valence-electron chi connectivity index (χ4n) is 7.76. The summed E-state index contributed by atoms with van der Waals surface area (Å²) in [5.74, 6) is 0. The molecule has 7 aromatic carbocycles. The van der Waals surface area contributed by atoms with Crippen molar-refractivity contribution in [1.29, 1.82) is 5.41 Å². The first kappa shape index (κ1) is 26.7. The molecule has 3 nitrogen and oxygen atoms in total. The molecule has 48 heavy (non-hydrogen) atoms. The minimum atomic E-state index is 0.478. The third-order valence-corrected chi connectivity index (χ3v) is 9.94. The molecule has 0 saturated carbocycles. The molecule has 0 radical (unpaired) electrons. The van der Waals surface area contributed by atoms with Crippen LogP contribution in [0.3, 0.4) is 0 Å². The van der Waals surface area contributed by atoms with Gasteiger partial charge in [0.25, 0.3) is 0 Å². The maximum absolute atomic E-state index is 8.95. The highest BCUT2D eigenvalue weighted by atomic mass is 15.4. The molecule has 1 heterocycles. The van der Waals surface area contributed by atoms with E-state index in [2.05, 4.69) is 150 Å². The Kier molecular flexibility index (Phi) is 5.73. The van der Waals surface area contributed by atoms with Crippen LogP contribution < -0.4 is 5.43 Å². The third kappa shape index (κ3) is 3.91. The maximum atomic E-state index is 8.95. The van der Waals surface area contributed by atoms with E-state index >= 15 is 0 Å². The Morgan fingerprint density at radius 2 is 1.19 bits per heavy atom. The minimum Gasteiger partial charge on any atom is -0.300 e. The summed E-state index contributed by atoms with van der Waals surface area (Å²) < 4.78 is 2.24. The van der Waals surface area contributed by atoms with E-state index in [9.17, 15) is 0 Å². The van der Waals surface area contributed by atoms with Crippen LogP contribution in [0.2, 0.25) is 0 Å². The van der Waals surface area contributed by atoms with E-state index in [1.165, 1.54) is 60.3 Å². The Morgan fingerprint density at radius 3 is 2.04 bits per heavy atom. The van der Waals surface area contributed by atoms with E-state index < -0.39 is 0 Å². The fourth-order valence-corrected chi connectivity index (χ4v) is 7.76. The number of hydrogen-bond donors (Lipinski definition) is 2. The quantitative estimate of drug-likeness (QED) is 0.204. The van der Waals surface area contributed by atoms with Crippen molar-refractivity contribution in [3.63, 3.8) is 0 Å². The molecule has 0 aliphatic heterocycles. The first-order valence-corrected chi connectivity index (χ1v) is 16.4. The standard InChI is InChI=1S/C45H29N3/c46-39-19-9-8-17-37(39)45(32-22-21-29-13-4-5-14-30(29)25-32)47-48-40-20-10-18-36-34-15-6-7-16-35(34)38-27-33(28-11-2-1-3-12-28)26-31-23-24-41(48)44(42(31)38)43(36)40/h1-27,46-47H/b45-37-,46-39?. The number of rotatable bonds is 4. The molecule has 0 bridgehead atoms. The van der Waals surface area contributed by atoms with Crippen LogP contribution in [-0.4, -0.2) is 10.4 Å². The van der Waals surface area contributed by atoms with Crippen LogP contribution in [0, 0.1) is 5.41 Å². The van der Waals surface area contributed by atoms with Crippen LogP contribution in [0.4, 0.5) is 0 Å². The van der Waals surface area contributed by atoms with Gasteiger partial charge < -0.3 is 5.41 Å². The molecule has 0 fully saturated rings. The molecule has 224 valence electrons. The van der Waals surface area contributed by atoms with Gasteiger partial charge in [-0.05, 0) is 91.3 Å². The lowest BCUT2D eigenvalue weighted by Crippen LogP contribution is -2.17. The molecule has 10 rings (SSSR count). The van der Waals surface area contributed by atoms with E-state index in [1.54, 1.807) is 0 Å². The number of hydrogen-bond acceptors (Lipinski definition) is 2. The van der Waals surface area contributed by atoms with Crippen LogP contribution in [0.5, 0.6) is 0 Å². The van der Waals surface area contributed by atoms with E-state index in [1.807, 2.05) is 24.3 Å². The monoisotopic (exact) mass is 611 g/mol. The van der Waals surface area contributed by atoms with Gasteiger partial charge in [0.15, 0.2) is 0 Å². The lowest BCUT2D eigenvalue weighted by molar-refractivity contribution is 1.06. The predicted molar refractivity (Wildman–Crippen MR) is 203 cm³/mol. The largest absolute Gasteiger partial charge is 0.300 e. The van der Waals surface area contributed by atoms with E-state index in [4.69, 9.17) is 5.41 Å². The SMILES string of the molecule is N=C1C=CC=C/C1=C(/Nn1c2cccc3c2c2c4c(cc(-c5ccccc5)cc4ccc21)-c1ccccc1-3)c1ccc2ccccc2c1. The summed E-state index contributed by atoms with van der Waals surface area (Å²) >= 11 is 0. The molecule has 8 aromatic rings. The van der Waals surface area contributed by atoms with Crippen LogP contribution in [0.25, 0.3) is 82.4 Å². The van der Waals surface area contributed by atoms with Crippen LogP contribution in [0.15, 0.2) is 169 Å². The second-order valence-electron chi connectivity index (χ2n) is 12.6. The zero-order chi connectivity index (χ0) is 31.8. The predicted octanol–water partition coefficient (Wildman–Crippen LogP) is 11.5. The van der Waals surface area contributed by atoms with Crippen LogP contribution in [0.1, 0.15) is 5.56 Å². The average molecular weight is 612 g/mol. The third-order valence-electron chi connectivity index (χ3n) is 9.94. The Bertz CT molecular complexity index is 2760. The van der Waals surface area contributed by atoms with Gasteiger partial charge in [0.1, 0.15) is 0 Å². The molecule has 0 spiro atoms. The van der Waals surface area contributed by atoms with Gasteiger partial charge in [-0.1, -0.05) is 127 Å². The van der Waals surface area contributed by atoms with Gasteiger partial charge >= 0.3 is 0 Å². The molecule has 2 N–H and O–H groups in total. The summed E-state index contributed by atoms with van der Waals surface area (Å²) in [5, 5.41) is 16.3. The number of allylic oxidation sites excluding steroid dienone is 5. The number of fused-ring (bicyclic) bond motifs is 4. The molecular formula is C45H29N3. The number of benzene rings is 7. The van der Waals surface area contributed by atoms with Crippen molar-refractivity contribution in [2.75, 3.05) is 5.43 Å². The summed E-state index contributed by atoms with van der Waals surface area (Å²) in [6.07, 6.45) is 7.84. The van der Waals surface area contributed by atoms with Crippen molar-refractivity contribution in [2.24, 2.45) is 0 Å². The van der Waals surface area contributed by atoms with Crippen molar-refractivity contribution in [3.05, 3.63) is 175 Å². The Balaban J connectivity index is 1.29. The highest BCUT2D eigenvalue weighted by Crippen LogP contribution is 2.50. The second-order valence-corrected chi connectivity index (χ2v) is 12.6. The molecule has 1 aromatic heterocycles. The second kappa shape index (κ2) is 10.3. The van der Waals surface area contributed by atoms with E-state index in [0.29, 0.717) is 5.71 Å². The number of aromatic nitrogens is 1. The van der Waals surface area contributed by atoms with Gasteiger partial charge in [0, 0.05) is 21.9 Å². The van der Waals surface area contributed by atoms with Gasteiger partial charge in [-0.25, -0.2) is 0 Å². The Labute approximate surface area is 277 Å². The normalized spacial score (nSPS) is 14.4. The van der Waals surface area contributed by atoms with Crippen molar-refractivity contribution in [3.8, 4) is 33.4 Å². The first-order valence-electron chi connectivity index (χ1n) is 16.4. The zero-order valence-corrected chi connectivity index (χ0v) is 26.0. The molecule has 0 amide bonds. The lowest BCUT2D eigenvalue weighted by atomic mass is 9.90. The summed E-state index contributed by atoms with van der Waals surface area (Å²) in [4.78, 5) is 0. The first-order chi connectivity index (χ1) is 23.7. The highest BCUT2D eigenvalue weighted by Gasteiger charge is 2.26. The number of nitrogens with zero attached hydrogens (tertiary/aromatic N) is 1. The summed E-state index contributed by atoms with van der Waals surface area (Å²) in [6.45, 7) is 0. The zero-order valence-electron chi connectivity index (χ0n) is 26.0. The minimum absolute atomic E-state index is 0.478. The highest BCUT2D eigenvalue weighted by molar-refractivity contribution is 6.30. The van der Waals surface area contributed by atoms with Crippen molar-refractivity contribution in [1.82, 2.24) is 4.68 Å². The molecule has 0 unspecified atom stereocenters. The van der Waals surface area contributed by atoms with E-state index in [-0.39, 0.29) is 0 Å². The fraction of sp³-hybridized carbons (Fsp3) is 0. The van der Waals surface area contributed by atoms with Crippen molar-refractivity contribution >= 4 is 54.8 Å². The molecule has 2 aliphatic carbocycles. The number of nitrogens with one attached hydrogen (secondary N) is 2. The summed E-state index contributed by atoms with van der Waals surface area (Å²) in [6, 6.07) is 50.4. The molecule has 3 heteroatoms. The van der Waals surface area contributed by atoms with Crippen LogP contribution in [-0.2, 0) is 0 Å². The average Bonchev–Trinajstić information content (AvgIpc) is 3.40. The van der Waals surface area contributed by atoms with E-state index in [0.717, 1.165) is 33.3 Å². The van der Waals surface area contributed by atoms with Gasteiger partial charge in [-0.15, -0.1) is 0 Å². The van der Waals surface area contributed by atoms with Crippen molar-refractivity contribution in [2.45, 2.75) is 0 Å². The lowest BCUT2D eigenvalue weighted by Gasteiger charge is -2.20. The summed E-state index contributed by atoms with van der Waals surface area (Å²) in [5.41, 5.74) is 16.7. The van der Waals surface area contributed by atoms with Gasteiger partial charge in [0.2, 0.25) is 0 Å². The Morgan fingerprint density at radius 1 is 0.479 bits per heavy atom. The Hall–Kier alpha value is -6.45. The molecule has 0 atom stereocenters. The van der Waals surface area contributed by atoms with Gasteiger partial charge in [-0.2, -0.15) is 0 Å². The summed E-state index contributed by atoms with van der Waals surface area (Å²) in [7, 11) is 0. The van der Waals surface area contributed by atoms with Gasteiger partial charge in [-0.3, -0.25) is 10.1 Å². The smallest absolute Gasteiger partial charge is 0.0716 e. The molecule has 0 saturated heterocycles. The molecular weight excluding hydrogens is 583 g/mol. The van der Waals surface area contributed by atoms with Crippen molar-refractivity contribution < 1.29 is 0 Å².